The first-order valence-corrected chi connectivity index (χ1v) is 7.47. The number of hydrogen-bond acceptors (Lipinski definition) is 5. The molecule has 0 amide bonds. The van der Waals surface area contributed by atoms with Crippen LogP contribution in [0.25, 0.3) is 0 Å². The Labute approximate surface area is 125 Å². The Bertz CT molecular complexity index is 452. The van der Waals surface area contributed by atoms with Crippen molar-refractivity contribution in [3.05, 3.63) is 11.2 Å². The summed E-state index contributed by atoms with van der Waals surface area (Å²) < 4.78 is 11.0. The van der Waals surface area contributed by atoms with Crippen LogP contribution in [0, 0.1) is 0 Å². The molecular formula is C14H22ClN3O2. The van der Waals surface area contributed by atoms with Crippen molar-refractivity contribution in [3.63, 3.8) is 0 Å². The largest absolute Gasteiger partial charge is 0.467 e. The van der Waals surface area contributed by atoms with Crippen LogP contribution in [0.15, 0.2) is 6.20 Å². The number of methoxy groups -OCH3 is 1. The molecule has 20 heavy (non-hydrogen) atoms. The first-order chi connectivity index (χ1) is 9.62. The molecule has 0 bridgehead atoms. The summed E-state index contributed by atoms with van der Waals surface area (Å²) in [5, 5.41) is 3.91. The van der Waals surface area contributed by atoms with E-state index in [9.17, 15) is 0 Å². The van der Waals surface area contributed by atoms with Gasteiger partial charge in [0.15, 0.2) is 5.82 Å². The Morgan fingerprint density at radius 3 is 2.90 bits per heavy atom. The van der Waals surface area contributed by atoms with Crippen LogP contribution in [0.5, 0.6) is 6.01 Å². The van der Waals surface area contributed by atoms with E-state index in [2.05, 4.69) is 29.1 Å². The summed E-state index contributed by atoms with van der Waals surface area (Å²) >= 11 is 6.14. The Morgan fingerprint density at radius 1 is 1.50 bits per heavy atom. The van der Waals surface area contributed by atoms with Crippen LogP contribution in [0.3, 0.4) is 0 Å². The number of anilines is 1. The fraction of sp³-hybridized carbons (Fsp3) is 0.714. The predicted molar refractivity (Wildman–Crippen MR) is 79.5 cm³/mol. The standard InChI is InChI=1S/C14H22ClN3O2/c1-4-14(5-2)8-10(6-7-20-14)17-12-11(15)9-16-13(18-12)19-3/h9-10H,4-8H2,1-3H3,(H,16,17,18). The quantitative estimate of drug-likeness (QED) is 0.904. The molecular weight excluding hydrogens is 278 g/mol. The first-order valence-electron chi connectivity index (χ1n) is 7.09. The number of halogens is 1. The fourth-order valence-electron chi connectivity index (χ4n) is 2.64. The molecule has 1 unspecified atom stereocenters. The Morgan fingerprint density at radius 2 is 2.25 bits per heavy atom. The summed E-state index contributed by atoms with van der Waals surface area (Å²) in [5.41, 5.74) is -0.0283. The lowest BCUT2D eigenvalue weighted by molar-refractivity contribution is -0.0864. The van der Waals surface area contributed by atoms with Crippen molar-refractivity contribution >= 4 is 17.4 Å². The highest BCUT2D eigenvalue weighted by atomic mass is 35.5. The van der Waals surface area contributed by atoms with Crippen molar-refractivity contribution < 1.29 is 9.47 Å². The van der Waals surface area contributed by atoms with Gasteiger partial charge in [0.1, 0.15) is 5.02 Å². The second kappa shape index (κ2) is 6.59. The minimum absolute atomic E-state index is 0.0283. The minimum atomic E-state index is -0.0283. The van der Waals surface area contributed by atoms with E-state index in [1.165, 1.54) is 0 Å². The van der Waals surface area contributed by atoms with Gasteiger partial charge >= 0.3 is 6.01 Å². The van der Waals surface area contributed by atoms with Gasteiger partial charge in [-0.3, -0.25) is 0 Å². The van der Waals surface area contributed by atoms with Gasteiger partial charge in [-0.1, -0.05) is 25.4 Å². The minimum Gasteiger partial charge on any atom is -0.467 e. The van der Waals surface area contributed by atoms with Gasteiger partial charge in [0, 0.05) is 12.6 Å². The van der Waals surface area contributed by atoms with Crippen LogP contribution in [-0.4, -0.2) is 35.3 Å². The fourth-order valence-corrected chi connectivity index (χ4v) is 2.78. The average Bonchev–Trinajstić information content (AvgIpc) is 2.49. The van der Waals surface area contributed by atoms with Crippen molar-refractivity contribution in [2.24, 2.45) is 0 Å². The Hall–Kier alpha value is -1.07. The zero-order valence-electron chi connectivity index (χ0n) is 12.3. The van der Waals surface area contributed by atoms with Crippen molar-refractivity contribution in [2.45, 2.75) is 51.2 Å². The summed E-state index contributed by atoms with van der Waals surface area (Å²) in [7, 11) is 1.54. The SMILES string of the molecule is CCC1(CC)CC(Nc2nc(OC)ncc2Cl)CCO1. The van der Waals surface area contributed by atoms with Gasteiger partial charge in [-0.15, -0.1) is 0 Å². The molecule has 5 nitrogen and oxygen atoms in total. The monoisotopic (exact) mass is 299 g/mol. The molecule has 1 aliphatic rings. The molecule has 1 aromatic heterocycles. The lowest BCUT2D eigenvalue weighted by atomic mass is 9.86. The third-order valence-electron chi connectivity index (χ3n) is 4.03. The third-order valence-corrected chi connectivity index (χ3v) is 4.30. The molecule has 0 saturated carbocycles. The van der Waals surface area contributed by atoms with Gasteiger partial charge in [-0.25, -0.2) is 4.98 Å². The van der Waals surface area contributed by atoms with Crippen LogP contribution in [0.1, 0.15) is 39.5 Å². The highest BCUT2D eigenvalue weighted by Gasteiger charge is 2.34. The van der Waals surface area contributed by atoms with Crippen molar-refractivity contribution in [3.8, 4) is 6.01 Å². The number of aromatic nitrogens is 2. The lowest BCUT2D eigenvalue weighted by Crippen LogP contribution is -2.43. The van der Waals surface area contributed by atoms with E-state index in [4.69, 9.17) is 21.1 Å². The van der Waals surface area contributed by atoms with E-state index in [-0.39, 0.29) is 5.60 Å². The number of hydrogen-bond donors (Lipinski definition) is 1. The zero-order valence-corrected chi connectivity index (χ0v) is 13.0. The molecule has 1 N–H and O–H groups in total. The van der Waals surface area contributed by atoms with Crippen molar-refractivity contribution in [1.29, 1.82) is 0 Å². The van der Waals surface area contributed by atoms with E-state index < -0.39 is 0 Å². The molecule has 0 radical (unpaired) electrons. The van der Waals surface area contributed by atoms with Crippen LogP contribution in [0.2, 0.25) is 5.02 Å². The first kappa shape index (κ1) is 15.3. The topological polar surface area (TPSA) is 56.3 Å². The predicted octanol–water partition coefficient (Wildman–Crippen LogP) is 3.29. The summed E-state index contributed by atoms with van der Waals surface area (Å²) in [4.78, 5) is 8.25. The molecule has 2 rings (SSSR count). The Kier molecular flexibility index (Phi) is 5.05. The maximum absolute atomic E-state index is 6.14. The van der Waals surface area contributed by atoms with E-state index in [0.29, 0.717) is 22.9 Å². The van der Waals surface area contributed by atoms with Gasteiger partial charge in [0.2, 0.25) is 0 Å². The summed E-state index contributed by atoms with van der Waals surface area (Å²) in [6.45, 7) is 5.11. The van der Waals surface area contributed by atoms with E-state index in [1.807, 2.05) is 0 Å². The van der Waals surface area contributed by atoms with E-state index in [0.717, 1.165) is 32.3 Å². The molecule has 0 aliphatic carbocycles. The number of nitrogens with zero attached hydrogens (tertiary/aromatic N) is 2. The molecule has 1 aliphatic heterocycles. The van der Waals surface area contributed by atoms with E-state index >= 15 is 0 Å². The molecule has 1 aromatic rings. The van der Waals surface area contributed by atoms with Crippen LogP contribution in [-0.2, 0) is 4.74 Å². The summed E-state index contributed by atoms with van der Waals surface area (Å²) in [5.74, 6) is 0.631. The normalized spacial score (nSPS) is 21.5. The molecule has 1 saturated heterocycles. The maximum Gasteiger partial charge on any atom is 0.318 e. The van der Waals surface area contributed by atoms with Gasteiger partial charge in [0.05, 0.1) is 18.9 Å². The summed E-state index contributed by atoms with van der Waals surface area (Å²) in [6, 6.07) is 0.627. The third kappa shape index (κ3) is 3.33. The second-order valence-corrected chi connectivity index (χ2v) is 5.53. The molecule has 1 atom stereocenters. The van der Waals surface area contributed by atoms with Gasteiger partial charge in [0.25, 0.3) is 0 Å². The lowest BCUT2D eigenvalue weighted by Gasteiger charge is -2.40. The molecule has 0 aromatic carbocycles. The molecule has 1 fully saturated rings. The van der Waals surface area contributed by atoms with Gasteiger partial charge < -0.3 is 14.8 Å². The number of rotatable bonds is 5. The van der Waals surface area contributed by atoms with E-state index in [1.54, 1.807) is 13.3 Å². The Balaban J connectivity index is 2.09. The number of nitrogens with one attached hydrogen (secondary N) is 1. The molecule has 0 spiro atoms. The highest BCUT2D eigenvalue weighted by molar-refractivity contribution is 6.32. The van der Waals surface area contributed by atoms with Crippen LogP contribution in [0.4, 0.5) is 5.82 Å². The number of ether oxygens (including phenoxy) is 2. The highest BCUT2D eigenvalue weighted by Crippen LogP contribution is 2.33. The second-order valence-electron chi connectivity index (χ2n) is 5.13. The smallest absolute Gasteiger partial charge is 0.318 e. The molecule has 6 heteroatoms. The summed E-state index contributed by atoms with van der Waals surface area (Å²) in [6.07, 6.45) is 5.50. The molecule has 2 heterocycles. The van der Waals surface area contributed by atoms with Gasteiger partial charge in [-0.2, -0.15) is 4.98 Å². The maximum atomic E-state index is 6.14. The van der Waals surface area contributed by atoms with Crippen molar-refractivity contribution in [1.82, 2.24) is 9.97 Å². The zero-order chi connectivity index (χ0) is 14.6. The average molecular weight is 300 g/mol. The van der Waals surface area contributed by atoms with Crippen LogP contribution < -0.4 is 10.1 Å². The molecule has 112 valence electrons. The van der Waals surface area contributed by atoms with Crippen molar-refractivity contribution in [2.75, 3.05) is 19.0 Å². The van der Waals surface area contributed by atoms with Crippen LogP contribution >= 0.6 is 11.6 Å². The van der Waals surface area contributed by atoms with Gasteiger partial charge in [-0.05, 0) is 25.7 Å².